The van der Waals surface area contributed by atoms with Crippen LogP contribution < -0.4 is 20.1 Å². The summed E-state index contributed by atoms with van der Waals surface area (Å²) in [6.07, 6.45) is 9.58. The van der Waals surface area contributed by atoms with Gasteiger partial charge in [0, 0.05) is 30.4 Å². The Morgan fingerprint density at radius 2 is 2.00 bits per heavy atom. The first kappa shape index (κ1) is 22.0. The number of aromatic nitrogens is 3. The van der Waals surface area contributed by atoms with Crippen molar-refractivity contribution in [2.24, 2.45) is 0 Å². The zero-order chi connectivity index (χ0) is 22.2. The number of hydrogen-bond donors (Lipinski definition) is 2. The van der Waals surface area contributed by atoms with Crippen LogP contribution in [0.25, 0.3) is 0 Å². The summed E-state index contributed by atoms with van der Waals surface area (Å²) < 4.78 is 11.3. The Morgan fingerprint density at radius 1 is 1.12 bits per heavy atom. The molecule has 1 saturated carbocycles. The molecule has 0 aliphatic heterocycles. The van der Waals surface area contributed by atoms with E-state index >= 15 is 0 Å². The molecule has 3 aromatic rings. The Morgan fingerprint density at radius 3 is 2.78 bits per heavy atom. The molecule has 0 saturated heterocycles. The summed E-state index contributed by atoms with van der Waals surface area (Å²) in [6.45, 7) is 0.744. The first-order valence-electron chi connectivity index (χ1n) is 10.8. The van der Waals surface area contributed by atoms with Gasteiger partial charge in [-0.1, -0.05) is 42.7 Å². The van der Waals surface area contributed by atoms with Crippen LogP contribution in [0.15, 0.2) is 42.7 Å². The van der Waals surface area contributed by atoms with E-state index in [-0.39, 0.29) is 6.03 Å². The van der Waals surface area contributed by atoms with Crippen LogP contribution in [-0.2, 0) is 13.2 Å². The van der Waals surface area contributed by atoms with Crippen LogP contribution in [0.5, 0.6) is 11.5 Å². The highest BCUT2D eigenvalue weighted by Crippen LogP contribution is 2.35. The molecule has 0 unspecified atom stereocenters. The molecule has 2 heterocycles. The van der Waals surface area contributed by atoms with Crippen molar-refractivity contribution < 1.29 is 14.3 Å². The summed E-state index contributed by atoms with van der Waals surface area (Å²) in [4.78, 5) is 16.4. The van der Waals surface area contributed by atoms with Crippen molar-refractivity contribution >= 4 is 22.5 Å². The molecular weight excluding hydrogens is 426 g/mol. The molecule has 1 aliphatic carbocycles. The molecule has 0 bridgehead atoms. The second-order valence-electron chi connectivity index (χ2n) is 7.72. The van der Waals surface area contributed by atoms with Crippen LogP contribution in [0.1, 0.15) is 54.2 Å². The predicted molar refractivity (Wildman–Crippen MR) is 123 cm³/mol. The highest BCUT2D eigenvalue weighted by Gasteiger charge is 2.20. The smallest absolute Gasteiger partial charge is 0.321 e. The number of benzene rings is 1. The van der Waals surface area contributed by atoms with Gasteiger partial charge in [-0.25, -0.2) is 4.79 Å². The quantitative estimate of drug-likeness (QED) is 0.504. The van der Waals surface area contributed by atoms with Crippen molar-refractivity contribution in [3.63, 3.8) is 0 Å². The van der Waals surface area contributed by atoms with Gasteiger partial charge in [-0.05, 0) is 36.6 Å². The summed E-state index contributed by atoms with van der Waals surface area (Å²) in [5.41, 5.74) is 1.87. The van der Waals surface area contributed by atoms with Crippen LogP contribution >= 0.6 is 11.3 Å². The molecule has 2 amide bonds. The highest BCUT2D eigenvalue weighted by molar-refractivity contribution is 7.15. The van der Waals surface area contributed by atoms with Crippen LogP contribution in [0.3, 0.4) is 0 Å². The van der Waals surface area contributed by atoms with E-state index in [4.69, 9.17) is 9.47 Å². The average Bonchev–Trinajstić information content (AvgIpc) is 3.31. The molecule has 1 aromatic carbocycles. The maximum atomic E-state index is 12.3. The third kappa shape index (κ3) is 5.94. The number of hydrogen-bond acceptors (Lipinski definition) is 7. The molecule has 2 N–H and O–H groups in total. The molecule has 0 spiro atoms. The number of carbonyl (C=O) groups is 1. The van der Waals surface area contributed by atoms with E-state index in [0.29, 0.717) is 35.7 Å². The van der Waals surface area contributed by atoms with Crippen LogP contribution in [0.2, 0.25) is 0 Å². The lowest BCUT2D eigenvalue weighted by molar-refractivity contribution is 0.251. The molecule has 32 heavy (non-hydrogen) atoms. The summed E-state index contributed by atoms with van der Waals surface area (Å²) in [5, 5.41) is 15.6. The number of amides is 2. The van der Waals surface area contributed by atoms with Crippen LogP contribution in [0.4, 0.5) is 9.93 Å². The minimum atomic E-state index is -0.313. The minimum absolute atomic E-state index is 0.313. The number of carbonyl (C=O) groups excluding carboxylic acids is 1. The molecule has 9 heteroatoms. The number of methoxy groups -OCH3 is 1. The van der Waals surface area contributed by atoms with Gasteiger partial charge in [0.25, 0.3) is 0 Å². The maximum Gasteiger partial charge on any atom is 0.321 e. The van der Waals surface area contributed by atoms with Gasteiger partial charge in [0.15, 0.2) is 11.5 Å². The van der Waals surface area contributed by atoms with E-state index in [1.165, 1.54) is 30.6 Å². The van der Waals surface area contributed by atoms with Crippen molar-refractivity contribution in [1.82, 2.24) is 20.5 Å². The fourth-order valence-electron chi connectivity index (χ4n) is 3.71. The number of rotatable bonds is 8. The van der Waals surface area contributed by atoms with Crippen molar-refractivity contribution in [1.29, 1.82) is 0 Å². The zero-order valence-electron chi connectivity index (χ0n) is 18.0. The number of nitrogens with zero attached hydrogens (tertiary/aromatic N) is 3. The summed E-state index contributed by atoms with van der Waals surface area (Å²) in [5.74, 6) is 1.72. The van der Waals surface area contributed by atoms with Crippen LogP contribution in [-0.4, -0.2) is 28.3 Å². The maximum absolute atomic E-state index is 12.3. The van der Waals surface area contributed by atoms with Gasteiger partial charge < -0.3 is 14.8 Å². The van der Waals surface area contributed by atoms with E-state index in [1.807, 2.05) is 30.3 Å². The minimum Gasteiger partial charge on any atom is -0.493 e. The molecule has 4 rings (SSSR count). The first-order chi connectivity index (χ1) is 15.7. The molecule has 1 fully saturated rings. The Bertz CT molecular complexity index is 1020. The monoisotopic (exact) mass is 453 g/mol. The highest BCUT2D eigenvalue weighted by atomic mass is 32.1. The van der Waals surface area contributed by atoms with Crippen molar-refractivity contribution in [2.75, 3.05) is 12.4 Å². The lowest BCUT2D eigenvalue weighted by Crippen LogP contribution is -2.28. The van der Waals surface area contributed by atoms with Crippen molar-refractivity contribution in [3.05, 3.63) is 58.9 Å². The van der Waals surface area contributed by atoms with Gasteiger partial charge in [-0.3, -0.25) is 10.3 Å². The van der Waals surface area contributed by atoms with Gasteiger partial charge in [-0.2, -0.15) is 0 Å². The third-order valence-electron chi connectivity index (χ3n) is 5.41. The van der Waals surface area contributed by atoms with E-state index in [1.54, 1.807) is 19.5 Å². The summed E-state index contributed by atoms with van der Waals surface area (Å²) in [6, 6.07) is 9.09. The second kappa shape index (κ2) is 10.9. The second-order valence-corrected chi connectivity index (χ2v) is 8.73. The zero-order valence-corrected chi connectivity index (χ0v) is 18.9. The van der Waals surface area contributed by atoms with Gasteiger partial charge in [0.2, 0.25) is 5.13 Å². The van der Waals surface area contributed by atoms with Gasteiger partial charge >= 0.3 is 6.03 Å². The third-order valence-corrected chi connectivity index (χ3v) is 6.41. The van der Waals surface area contributed by atoms with Gasteiger partial charge in [0.1, 0.15) is 11.6 Å². The predicted octanol–water partition coefficient (Wildman–Crippen LogP) is 4.89. The topological polar surface area (TPSA) is 98.3 Å². The SMILES string of the molecule is COc1cc(CNC(=O)Nc2nnc(C3CCCCC3)s2)ccc1OCc1cccnc1. The fourth-order valence-corrected chi connectivity index (χ4v) is 4.62. The molecule has 168 valence electrons. The molecule has 0 atom stereocenters. The van der Waals surface area contributed by atoms with Crippen LogP contribution in [0, 0.1) is 0 Å². The molecule has 1 aliphatic rings. The van der Waals surface area contributed by atoms with E-state index < -0.39 is 0 Å². The Hall–Kier alpha value is -3.20. The molecule has 8 nitrogen and oxygen atoms in total. The standard InChI is InChI=1S/C23H27N5O3S/c1-30-20-12-16(9-10-19(20)31-15-17-6-5-11-24-13-17)14-25-22(29)26-23-28-27-21(32-23)18-7-3-2-4-8-18/h5-6,9-13,18H,2-4,7-8,14-15H2,1H3,(H2,25,26,28,29). The molecule has 0 radical (unpaired) electrons. The fraction of sp³-hybridized carbons (Fsp3) is 0.391. The normalized spacial score (nSPS) is 14.0. The Labute approximate surface area is 191 Å². The van der Waals surface area contributed by atoms with Gasteiger partial charge in [0.05, 0.1) is 7.11 Å². The molecule has 2 aromatic heterocycles. The van der Waals surface area contributed by atoms with E-state index in [0.717, 1.165) is 29.0 Å². The van der Waals surface area contributed by atoms with Gasteiger partial charge in [-0.15, -0.1) is 10.2 Å². The number of urea groups is 1. The molecular formula is C23H27N5O3S. The van der Waals surface area contributed by atoms with E-state index in [9.17, 15) is 4.79 Å². The number of anilines is 1. The first-order valence-corrected chi connectivity index (χ1v) is 11.6. The largest absolute Gasteiger partial charge is 0.493 e. The number of ether oxygens (including phenoxy) is 2. The lowest BCUT2D eigenvalue weighted by Gasteiger charge is -2.18. The number of nitrogens with one attached hydrogen (secondary N) is 2. The van der Waals surface area contributed by atoms with E-state index in [2.05, 4.69) is 25.8 Å². The summed E-state index contributed by atoms with van der Waals surface area (Å²) >= 11 is 1.47. The van der Waals surface area contributed by atoms with Crippen molar-refractivity contribution in [3.8, 4) is 11.5 Å². The summed E-state index contributed by atoms with van der Waals surface area (Å²) in [7, 11) is 1.59. The lowest BCUT2D eigenvalue weighted by atomic mass is 9.90. The average molecular weight is 454 g/mol. The number of pyridine rings is 1. The Balaban J connectivity index is 1.28. The van der Waals surface area contributed by atoms with Crippen molar-refractivity contribution in [2.45, 2.75) is 51.2 Å². The Kier molecular flexibility index (Phi) is 7.50.